The maximum atomic E-state index is 13.1. The number of ether oxygens (including phenoxy) is 4. The van der Waals surface area contributed by atoms with E-state index >= 15 is 0 Å². The summed E-state index contributed by atoms with van der Waals surface area (Å²) in [6.45, 7) is 11.8. The minimum absolute atomic E-state index is 0.104. The Balaban J connectivity index is 5.23. The Morgan fingerprint density at radius 1 is 0.315 bits per heavy atom. The molecular formula is C73H142O17P2. The van der Waals surface area contributed by atoms with E-state index in [1.807, 2.05) is 0 Å². The number of rotatable bonds is 71. The van der Waals surface area contributed by atoms with Crippen molar-refractivity contribution < 1.29 is 80.2 Å². The summed E-state index contributed by atoms with van der Waals surface area (Å²) < 4.78 is 68.4. The Morgan fingerprint density at radius 3 is 0.826 bits per heavy atom. The second kappa shape index (κ2) is 63.8. The van der Waals surface area contributed by atoms with Gasteiger partial charge in [-0.15, -0.1) is 0 Å². The molecule has 0 fully saturated rings. The van der Waals surface area contributed by atoms with Crippen LogP contribution in [-0.2, 0) is 65.4 Å². The number of hydrogen-bond donors (Lipinski definition) is 3. The van der Waals surface area contributed by atoms with E-state index in [0.717, 1.165) is 108 Å². The molecule has 0 rings (SSSR count). The van der Waals surface area contributed by atoms with Gasteiger partial charge in [0.15, 0.2) is 12.2 Å². The molecular weight excluding hydrogens is 1210 g/mol. The lowest BCUT2D eigenvalue weighted by Crippen LogP contribution is -2.30. The molecule has 0 bridgehead atoms. The van der Waals surface area contributed by atoms with Crippen LogP contribution in [0.2, 0.25) is 0 Å². The highest BCUT2D eigenvalue weighted by molar-refractivity contribution is 7.47. The van der Waals surface area contributed by atoms with Crippen LogP contribution < -0.4 is 0 Å². The molecule has 0 saturated carbocycles. The van der Waals surface area contributed by atoms with Gasteiger partial charge in [0, 0.05) is 25.7 Å². The van der Waals surface area contributed by atoms with E-state index in [4.69, 9.17) is 37.0 Å². The van der Waals surface area contributed by atoms with Crippen LogP contribution in [0, 0.1) is 17.8 Å². The van der Waals surface area contributed by atoms with Gasteiger partial charge in [-0.3, -0.25) is 37.3 Å². The Morgan fingerprint density at radius 2 is 0.554 bits per heavy atom. The van der Waals surface area contributed by atoms with Crippen molar-refractivity contribution in [2.24, 2.45) is 17.8 Å². The third-order valence-corrected chi connectivity index (χ3v) is 19.1. The molecule has 0 aromatic heterocycles. The predicted molar refractivity (Wildman–Crippen MR) is 372 cm³/mol. The standard InChI is InChI=1S/C73H142O17P2/c1-8-10-11-12-13-14-15-16-17-18-19-20-21-22-27-33-42-49-56-72(77)89-68(60-83-70(75)54-47-40-32-26-24-23-25-30-37-44-51-64(3)4)62-87-91(79,80)85-58-67(74)59-86-92(81,82)88-63-69(61-84-71(76)55-48-41-36-35-38-45-52-65(5)6)90-73(78)57-50-43-34-29-28-31-39-46-53-66(7)9-2/h64-69,74H,8-63H2,1-7H3,(H,79,80)(H,81,82)/t66?,67-,68-,69-/m1/s1. The van der Waals surface area contributed by atoms with Gasteiger partial charge in [-0.2, -0.15) is 0 Å². The highest BCUT2D eigenvalue weighted by atomic mass is 31.2. The molecule has 0 aromatic carbocycles. The summed E-state index contributed by atoms with van der Waals surface area (Å²) in [6, 6.07) is 0. The van der Waals surface area contributed by atoms with E-state index < -0.39 is 97.5 Å². The Hall–Kier alpha value is -1.94. The Labute approximate surface area is 562 Å². The zero-order chi connectivity index (χ0) is 68.0. The van der Waals surface area contributed by atoms with Gasteiger partial charge in [0.25, 0.3) is 0 Å². The maximum absolute atomic E-state index is 13.1. The summed E-state index contributed by atoms with van der Waals surface area (Å²) in [5, 5.41) is 10.6. The fourth-order valence-corrected chi connectivity index (χ4v) is 12.6. The summed E-state index contributed by atoms with van der Waals surface area (Å²) in [5.41, 5.74) is 0. The Bertz CT molecular complexity index is 1800. The summed E-state index contributed by atoms with van der Waals surface area (Å²) >= 11 is 0. The molecule has 3 N–H and O–H groups in total. The van der Waals surface area contributed by atoms with Gasteiger partial charge in [-0.05, 0) is 43.4 Å². The highest BCUT2D eigenvalue weighted by Gasteiger charge is 2.30. The molecule has 3 unspecified atom stereocenters. The van der Waals surface area contributed by atoms with Crippen molar-refractivity contribution in [1.29, 1.82) is 0 Å². The first kappa shape index (κ1) is 90.1. The smallest absolute Gasteiger partial charge is 0.462 e. The van der Waals surface area contributed by atoms with Gasteiger partial charge < -0.3 is 33.8 Å². The molecule has 0 aliphatic heterocycles. The van der Waals surface area contributed by atoms with Gasteiger partial charge in [-0.25, -0.2) is 9.13 Å². The average Bonchev–Trinajstić information content (AvgIpc) is 1.68. The van der Waals surface area contributed by atoms with Crippen molar-refractivity contribution in [3.05, 3.63) is 0 Å². The number of carbonyl (C=O) groups excluding carboxylic acids is 4. The molecule has 0 aliphatic rings. The van der Waals surface area contributed by atoms with Crippen LogP contribution >= 0.6 is 15.6 Å². The van der Waals surface area contributed by atoms with Crippen molar-refractivity contribution in [2.75, 3.05) is 39.6 Å². The lowest BCUT2D eigenvalue weighted by Gasteiger charge is -2.21. The van der Waals surface area contributed by atoms with E-state index in [1.54, 1.807) is 0 Å². The van der Waals surface area contributed by atoms with Crippen molar-refractivity contribution in [3.8, 4) is 0 Å². The van der Waals surface area contributed by atoms with Crippen LogP contribution in [0.15, 0.2) is 0 Å². The monoisotopic (exact) mass is 1350 g/mol. The van der Waals surface area contributed by atoms with Gasteiger partial charge in [-0.1, -0.05) is 318 Å². The third kappa shape index (κ3) is 65.4. The van der Waals surface area contributed by atoms with Crippen molar-refractivity contribution in [1.82, 2.24) is 0 Å². The van der Waals surface area contributed by atoms with Crippen LogP contribution in [0.25, 0.3) is 0 Å². The molecule has 0 saturated heterocycles. The second-order valence-corrected chi connectivity index (χ2v) is 30.4. The molecule has 0 amide bonds. The molecule has 19 heteroatoms. The predicted octanol–water partition coefficient (Wildman–Crippen LogP) is 21.0. The largest absolute Gasteiger partial charge is 0.472 e. The van der Waals surface area contributed by atoms with Crippen molar-refractivity contribution in [2.45, 2.75) is 388 Å². The maximum Gasteiger partial charge on any atom is 0.472 e. The molecule has 17 nitrogen and oxygen atoms in total. The molecule has 0 aliphatic carbocycles. The van der Waals surface area contributed by atoms with E-state index in [9.17, 15) is 43.2 Å². The van der Waals surface area contributed by atoms with E-state index in [0.29, 0.717) is 31.6 Å². The Kier molecular flexibility index (Phi) is 62.4. The fourth-order valence-electron chi connectivity index (χ4n) is 11.0. The lowest BCUT2D eigenvalue weighted by molar-refractivity contribution is -0.161. The minimum Gasteiger partial charge on any atom is -0.462 e. The van der Waals surface area contributed by atoms with Crippen LogP contribution in [0.3, 0.4) is 0 Å². The number of hydrogen-bond acceptors (Lipinski definition) is 15. The molecule has 92 heavy (non-hydrogen) atoms. The van der Waals surface area contributed by atoms with Gasteiger partial charge in [0.05, 0.1) is 26.4 Å². The number of aliphatic hydroxyl groups excluding tert-OH is 1. The normalized spacial score (nSPS) is 14.4. The summed E-state index contributed by atoms with van der Waals surface area (Å²) in [7, 11) is -9.91. The van der Waals surface area contributed by atoms with Crippen LogP contribution in [0.4, 0.5) is 0 Å². The summed E-state index contributed by atoms with van der Waals surface area (Å²) in [4.78, 5) is 72.6. The summed E-state index contributed by atoms with van der Waals surface area (Å²) in [5.74, 6) is 0.0820. The number of phosphoric acid groups is 2. The first-order valence-corrected chi connectivity index (χ1v) is 40.9. The quantitative estimate of drug-likeness (QED) is 0.0222. The number of esters is 4. The zero-order valence-electron chi connectivity index (χ0n) is 60.0. The molecule has 0 heterocycles. The first-order chi connectivity index (χ1) is 44.3. The van der Waals surface area contributed by atoms with Crippen molar-refractivity contribution >= 4 is 39.5 Å². The SMILES string of the molecule is CCCCCCCCCCCCCCCCCCCCC(=O)O[C@H](COC(=O)CCCCCCCCCCCCC(C)C)COP(=O)(O)OC[C@@H](O)COP(=O)(O)OC[C@@H](COC(=O)CCCCCCCCC(C)C)OC(=O)CCCCCCCCCCC(C)CC. The number of aliphatic hydroxyl groups is 1. The number of unbranched alkanes of at least 4 members (excludes halogenated alkanes) is 38. The van der Waals surface area contributed by atoms with E-state index in [2.05, 4.69) is 48.5 Å². The summed E-state index contributed by atoms with van der Waals surface area (Å²) in [6.07, 6.45) is 48.7. The van der Waals surface area contributed by atoms with Gasteiger partial charge in [0.1, 0.15) is 19.3 Å². The van der Waals surface area contributed by atoms with Crippen molar-refractivity contribution in [3.63, 3.8) is 0 Å². The zero-order valence-corrected chi connectivity index (χ0v) is 61.8. The fraction of sp³-hybridized carbons (Fsp3) is 0.945. The highest BCUT2D eigenvalue weighted by Crippen LogP contribution is 2.45. The van der Waals surface area contributed by atoms with Crippen LogP contribution in [-0.4, -0.2) is 96.7 Å². The first-order valence-electron chi connectivity index (χ1n) is 37.9. The minimum atomic E-state index is -4.95. The number of phosphoric ester groups is 2. The molecule has 6 atom stereocenters. The molecule has 0 spiro atoms. The molecule has 546 valence electrons. The average molecular weight is 1350 g/mol. The van der Waals surface area contributed by atoms with Crippen LogP contribution in [0.5, 0.6) is 0 Å². The van der Waals surface area contributed by atoms with Gasteiger partial charge in [0.2, 0.25) is 0 Å². The topological polar surface area (TPSA) is 237 Å². The third-order valence-electron chi connectivity index (χ3n) is 17.2. The molecule has 0 aromatic rings. The van der Waals surface area contributed by atoms with Crippen LogP contribution in [0.1, 0.15) is 370 Å². The molecule has 0 radical (unpaired) electrons. The second-order valence-electron chi connectivity index (χ2n) is 27.5. The van der Waals surface area contributed by atoms with E-state index in [-0.39, 0.29) is 25.7 Å². The lowest BCUT2D eigenvalue weighted by atomic mass is 9.99. The van der Waals surface area contributed by atoms with E-state index in [1.165, 1.54) is 173 Å². The number of carbonyl (C=O) groups is 4. The van der Waals surface area contributed by atoms with Gasteiger partial charge >= 0.3 is 39.5 Å².